The summed E-state index contributed by atoms with van der Waals surface area (Å²) in [6.45, 7) is 0. The Morgan fingerprint density at radius 3 is 0.968 bits per heavy atom. The number of rotatable bonds is 16. The third-order valence-corrected chi connectivity index (χ3v) is 23.4. The van der Waals surface area contributed by atoms with Crippen LogP contribution in [0.15, 0.2) is 388 Å². The Balaban J connectivity index is 1.06. The third kappa shape index (κ3) is 10.3. The van der Waals surface area contributed by atoms with Crippen molar-refractivity contribution in [3.8, 4) is 0 Å². The molecule has 0 saturated heterocycles. The van der Waals surface area contributed by atoms with Gasteiger partial charge in [0.15, 0.2) is 8.07 Å². The highest BCUT2D eigenvalue weighted by molar-refractivity contribution is 7.20. The summed E-state index contributed by atoms with van der Waals surface area (Å²) in [5, 5.41) is 14.5. The second-order valence-corrected chi connectivity index (χ2v) is 27.7. The molecular weight excluding hydrogens is 1140 g/mol. The smallest absolute Gasteiger partial charge is 0.179 e. The minimum absolute atomic E-state index is 0.232. The zero-order chi connectivity index (χ0) is 61.9. The van der Waals surface area contributed by atoms with E-state index in [-0.39, 0.29) is 5.92 Å². The molecule has 0 aliphatic heterocycles. The first kappa shape index (κ1) is 56.4. The summed E-state index contributed by atoms with van der Waals surface area (Å²) in [6.07, 6.45) is 0. The lowest BCUT2D eigenvalue weighted by Crippen LogP contribution is -2.74. The zero-order valence-electron chi connectivity index (χ0n) is 51.4. The second-order valence-electron chi connectivity index (χ2n) is 23.9. The maximum Gasteiger partial charge on any atom is 0.179 e. The molecular formula is C89H65N3Si. The summed E-state index contributed by atoms with van der Waals surface area (Å²) in [4.78, 5) is 7.54. The van der Waals surface area contributed by atoms with Gasteiger partial charge in [-0.05, 0) is 137 Å². The molecule has 0 spiro atoms. The minimum Gasteiger partial charge on any atom is -0.310 e. The van der Waals surface area contributed by atoms with Gasteiger partial charge in [0.2, 0.25) is 0 Å². The fraction of sp³-hybridized carbons (Fsp3) is 0.0112. The number of hydrogen-bond donors (Lipinski definition) is 0. The highest BCUT2D eigenvalue weighted by Gasteiger charge is 2.44. The van der Waals surface area contributed by atoms with E-state index in [1.165, 1.54) is 69.8 Å². The van der Waals surface area contributed by atoms with Crippen LogP contribution in [0.1, 0.15) is 22.6 Å². The van der Waals surface area contributed by atoms with Crippen LogP contribution in [0.2, 0.25) is 0 Å². The van der Waals surface area contributed by atoms with Crippen molar-refractivity contribution in [1.29, 1.82) is 0 Å². The van der Waals surface area contributed by atoms with Crippen molar-refractivity contribution in [2.24, 2.45) is 0 Å². The molecule has 1 atom stereocenters. The molecule has 16 rings (SSSR count). The summed E-state index contributed by atoms with van der Waals surface area (Å²) < 4.78 is 0. The van der Waals surface area contributed by atoms with Gasteiger partial charge >= 0.3 is 0 Å². The lowest BCUT2D eigenvalue weighted by Gasteiger charge is -2.39. The number of benzene rings is 16. The van der Waals surface area contributed by atoms with Crippen LogP contribution in [0.3, 0.4) is 0 Å². The van der Waals surface area contributed by atoms with Crippen LogP contribution in [0.5, 0.6) is 0 Å². The molecule has 0 amide bonds. The van der Waals surface area contributed by atoms with Crippen molar-refractivity contribution in [1.82, 2.24) is 0 Å². The van der Waals surface area contributed by atoms with E-state index in [4.69, 9.17) is 0 Å². The molecule has 0 bridgehead atoms. The van der Waals surface area contributed by atoms with E-state index in [9.17, 15) is 0 Å². The summed E-state index contributed by atoms with van der Waals surface area (Å²) in [7, 11) is -3.55. The van der Waals surface area contributed by atoms with Crippen LogP contribution >= 0.6 is 0 Å². The Morgan fingerprint density at radius 1 is 0.194 bits per heavy atom. The molecule has 0 aliphatic rings. The maximum atomic E-state index is 2.64. The Hall–Kier alpha value is -11.8. The minimum atomic E-state index is -3.55. The van der Waals surface area contributed by atoms with Crippen LogP contribution in [0, 0.1) is 0 Å². The summed E-state index contributed by atoms with van der Waals surface area (Å²) in [5.41, 5.74) is 13.3. The van der Waals surface area contributed by atoms with Crippen LogP contribution in [0.25, 0.3) is 43.1 Å². The van der Waals surface area contributed by atoms with E-state index in [0.29, 0.717) is 0 Å². The Kier molecular flexibility index (Phi) is 15.1. The quantitative estimate of drug-likeness (QED) is 0.0705. The summed E-state index contributed by atoms with van der Waals surface area (Å²) in [5.74, 6) is -0.232. The van der Waals surface area contributed by atoms with E-state index in [0.717, 1.165) is 62.0 Å². The van der Waals surface area contributed by atoms with Crippen molar-refractivity contribution in [3.05, 3.63) is 405 Å². The molecule has 4 heteroatoms. The van der Waals surface area contributed by atoms with Crippen molar-refractivity contribution >= 4 is 123 Å². The highest BCUT2D eigenvalue weighted by Crippen LogP contribution is 2.50. The molecule has 1 unspecified atom stereocenters. The van der Waals surface area contributed by atoms with Gasteiger partial charge in [0.05, 0.1) is 34.1 Å². The van der Waals surface area contributed by atoms with Crippen molar-refractivity contribution in [3.63, 3.8) is 0 Å². The Labute approximate surface area is 545 Å². The van der Waals surface area contributed by atoms with Crippen molar-refractivity contribution in [2.45, 2.75) is 5.92 Å². The van der Waals surface area contributed by atoms with Gasteiger partial charge < -0.3 is 14.7 Å². The van der Waals surface area contributed by atoms with E-state index < -0.39 is 8.07 Å². The molecule has 0 aromatic heterocycles. The molecule has 0 heterocycles. The number of anilines is 9. The normalized spacial score (nSPS) is 11.8. The topological polar surface area (TPSA) is 9.72 Å². The average molecular weight is 1200 g/mol. The van der Waals surface area contributed by atoms with Crippen LogP contribution in [0.4, 0.5) is 51.2 Å². The first-order valence-corrected chi connectivity index (χ1v) is 34.1. The number of nitrogens with zero attached hydrogens (tertiary/aromatic N) is 3. The predicted octanol–water partition coefficient (Wildman–Crippen LogP) is 21.3. The van der Waals surface area contributed by atoms with E-state index in [2.05, 4.69) is 403 Å². The van der Waals surface area contributed by atoms with Crippen LogP contribution < -0.4 is 35.4 Å². The molecule has 0 N–H and O–H groups in total. The standard InChI is InChI=1S/C89H65N3Si/c1-7-35-69(36-8-1)89(81-55-27-37-65-31-19-23-51-77(65)81)82-63-75(59-61-86(82)90(70-41-9-2-10-42-70)83-56-28-38-66-32-20-24-52-78(66)83)93(73-47-15-5-16-48-73,74-49-17-6-18-50-74)76-60-62-87(91(71-43-11-3-12-44-71)84-57-29-39-67-33-21-25-53-79(67)84)88(64-76)92(72-45-13-4-14-46-72)85-58-30-40-68-34-22-26-54-80(68)85/h1-64,89H. The van der Waals surface area contributed by atoms with Gasteiger partial charge in [-0.25, -0.2) is 0 Å². The molecule has 0 saturated carbocycles. The molecule has 3 nitrogen and oxygen atoms in total. The second kappa shape index (κ2) is 24.9. The van der Waals surface area contributed by atoms with E-state index in [1.54, 1.807) is 0 Å². The maximum absolute atomic E-state index is 3.55. The van der Waals surface area contributed by atoms with Gasteiger partial charge in [-0.1, -0.05) is 315 Å². The monoisotopic (exact) mass is 1200 g/mol. The van der Waals surface area contributed by atoms with Crippen molar-refractivity contribution in [2.75, 3.05) is 14.7 Å². The van der Waals surface area contributed by atoms with Gasteiger partial charge in [0.25, 0.3) is 0 Å². The Morgan fingerprint density at radius 2 is 0.516 bits per heavy atom. The number of para-hydroxylation sites is 3. The first-order chi connectivity index (χ1) is 46.2. The molecule has 16 aromatic rings. The lowest BCUT2D eigenvalue weighted by molar-refractivity contribution is 0.984. The highest BCUT2D eigenvalue weighted by atomic mass is 28.3. The fourth-order valence-electron chi connectivity index (χ4n) is 14.6. The van der Waals surface area contributed by atoms with Gasteiger partial charge in [0, 0.05) is 39.1 Å². The van der Waals surface area contributed by atoms with E-state index in [1.807, 2.05) is 0 Å². The SMILES string of the molecule is c1ccc(C(c2cc([Si](c3ccccc3)(c3ccccc3)c3ccc(N(c4ccccc4)c4cccc5ccccc45)c(N(c4ccccc4)c4cccc5ccccc45)c3)ccc2N(c2ccccc2)c2cccc3ccccc23)c2cccc3ccccc23)cc1. The lowest BCUT2D eigenvalue weighted by atomic mass is 9.81. The molecule has 0 aliphatic carbocycles. The molecule has 93 heavy (non-hydrogen) atoms. The van der Waals surface area contributed by atoms with Gasteiger partial charge in [-0.3, -0.25) is 0 Å². The zero-order valence-corrected chi connectivity index (χ0v) is 52.4. The molecule has 0 radical (unpaired) electrons. The van der Waals surface area contributed by atoms with Gasteiger partial charge in [-0.2, -0.15) is 0 Å². The first-order valence-electron chi connectivity index (χ1n) is 32.1. The average Bonchev–Trinajstić information content (AvgIpc) is 0.794. The third-order valence-electron chi connectivity index (χ3n) is 18.6. The molecule has 16 aromatic carbocycles. The Bertz CT molecular complexity index is 4940. The van der Waals surface area contributed by atoms with E-state index >= 15 is 0 Å². The van der Waals surface area contributed by atoms with Gasteiger partial charge in [0.1, 0.15) is 0 Å². The van der Waals surface area contributed by atoms with Crippen molar-refractivity contribution < 1.29 is 0 Å². The summed E-state index contributed by atoms with van der Waals surface area (Å²) >= 11 is 0. The number of hydrogen-bond acceptors (Lipinski definition) is 3. The molecule has 0 fully saturated rings. The summed E-state index contributed by atoms with van der Waals surface area (Å²) in [6, 6.07) is 145. The van der Waals surface area contributed by atoms with Crippen LogP contribution in [-0.2, 0) is 0 Å². The fourth-order valence-corrected chi connectivity index (χ4v) is 19.3. The molecule has 440 valence electrons. The largest absolute Gasteiger partial charge is 0.310 e. The number of fused-ring (bicyclic) bond motifs is 4. The predicted molar refractivity (Wildman–Crippen MR) is 398 cm³/mol. The van der Waals surface area contributed by atoms with Gasteiger partial charge in [-0.15, -0.1) is 0 Å². The van der Waals surface area contributed by atoms with Crippen LogP contribution in [-0.4, -0.2) is 8.07 Å².